The number of aromatic nitrogens is 2. The number of hydrogen-bond donors (Lipinski definition) is 0. The third-order valence-electron chi connectivity index (χ3n) is 4.74. The zero-order valence-electron chi connectivity index (χ0n) is 15.3. The van der Waals surface area contributed by atoms with Crippen LogP contribution in [0.4, 0.5) is 17.6 Å². The number of rotatable bonds is 6. The molecule has 4 nitrogen and oxygen atoms in total. The average molecular weight is 383 g/mol. The van der Waals surface area contributed by atoms with Crippen molar-refractivity contribution < 1.29 is 22.4 Å². The zero-order valence-corrected chi connectivity index (χ0v) is 15.3. The summed E-state index contributed by atoms with van der Waals surface area (Å²) in [5.74, 6) is -2.29. The number of benzene rings is 1. The summed E-state index contributed by atoms with van der Waals surface area (Å²) in [5.41, 5.74) is -0.125. The molecule has 0 saturated heterocycles. The van der Waals surface area contributed by atoms with Crippen molar-refractivity contribution >= 4 is 5.91 Å². The second-order valence-corrected chi connectivity index (χ2v) is 7.14. The highest BCUT2D eigenvalue weighted by molar-refractivity contribution is 5.96. The van der Waals surface area contributed by atoms with Gasteiger partial charge in [-0.1, -0.05) is 19.9 Å². The SMILES string of the molecule is CC(C)c1ccc(F)cc1CN(C(=O)c1c(C(F)F)nn(C)c1F)C1CC1. The Kier molecular flexibility index (Phi) is 5.26. The van der Waals surface area contributed by atoms with Gasteiger partial charge in [-0.3, -0.25) is 4.79 Å². The van der Waals surface area contributed by atoms with Gasteiger partial charge in [0.15, 0.2) is 0 Å². The van der Waals surface area contributed by atoms with Crippen LogP contribution in [0, 0.1) is 11.8 Å². The maximum Gasteiger partial charge on any atom is 0.283 e. The van der Waals surface area contributed by atoms with E-state index in [0.717, 1.165) is 5.56 Å². The van der Waals surface area contributed by atoms with Gasteiger partial charge in [0.2, 0.25) is 5.95 Å². The largest absolute Gasteiger partial charge is 0.331 e. The average Bonchev–Trinajstić information content (AvgIpc) is 3.38. The van der Waals surface area contributed by atoms with E-state index in [1.807, 2.05) is 13.8 Å². The number of alkyl halides is 2. The molecular weight excluding hydrogens is 362 g/mol. The van der Waals surface area contributed by atoms with Crippen molar-refractivity contribution in [3.05, 3.63) is 52.3 Å². The van der Waals surface area contributed by atoms with E-state index in [0.29, 0.717) is 23.1 Å². The maximum absolute atomic E-state index is 14.3. The van der Waals surface area contributed by atoms with Crippen molar-refractivity contribution in [2.75, 3.05) is 0 Å². The molecule has 0 N–H and O–H groups in total. The monoisotopic (exact) mass is 383 g/mol. The minimum Gasteiger partial charge on any atom is -0.331 e. The van der Waals surface area contributed by atoms with Crippen LogP contribution in [0.2, 0.25) is 0 Å². The minimum absolute atomic E-state index is 0.0335. The number of carbonyl (C=O) groups is 1. The number of halogens is 4. The number of nitrogens with zero attached hydrogens (tertiary/aromatic N) is 3. The maximum atomic E-state index is 14.3. The molecule has 3 rings (SSSR count). The molecule has 0 unspecified atom stereocenters. The van der Waals surface area contributed by atoms with Crippen LogP contribution >= 0.6 is 0 Å². The molecule has 27 heavy (non-hydrogen) atoms. The van der Waals surface area contributed by atoms with Gasteiger partial charge < -0.3 is 4.90 Å². The molecule has 1 fully saturated rings. The van der Waals surface area contributed by atoms with Crippen molar-refractivity contribution in [3.8, 4) is 0 Å². The first-order chi connectivity index (χ1) is 12.7. The van der Waals surface area contributed by atoms with E-state index < -0.39 is 35.4 Å². The van der Waals surface area contributed by atoms with Crippen molar-refractivity contribution in [2.24, 2.45) is 7.05 Å². The van der Waals surface area contributed by atoms with Gasteiger partial charge in [-0.05, 0) is 42.0 Å². The Morgan fingerprint density at radius 3 is 2.52 bits per heavy atom. The second-order valence-electron chi connectivity index (χ2n) is 7.14. The molecule has 1 aliphatic carbocycles. The number of carbonyl (C=O) groups excluding carboxylic acids is 1. The first-order valence-electron chi connectivity index (χ1n) is 8.80. The summed E-state index contributed by atoms with van der Waals surface area (Å²) < 4.78 is 55.2. The van der Waals surface area contributed by atoms with E-state index in [9.17, 15) is 22.4 Å². The Bertz CT molecular complexity index is 859. The fourth-order valence-electron chi connectivity index (χ4n) is 3.23. The molecule has 1 heterocycles. The van der Waals surface area contributed by atoms with Crippen LogP contribution in [0.1, 0.15) is 66.2 Å². The summed E-state index contributed by atoms with van der Waals surface area (Å²) in [5, 5.41) is 3.44. The molecule has 0 bridgehead atoms. The Morgan fingerprint density at radius 1 is 1.30 bits per heavy atom. The lowest BCUT2D eigenvalue weighted by molar-refractivity contribution is 0.0711. The topological polar surface area (TPSA) is 38.1 Å². The second kappa shape index (κ2) is 7.32. The van der Waals surface area contributed by atoms with E-state index >= 15 is 0 Å². The standard InChI is InChI=1S/C19H21F4N3O/c1-10(2)14-7-4-12(20)8-11(14)9-26(13-5-6-13)19(27)15-16(17(21)22)24-25(3)18(15)23/h4,7-8,10,13,17H,5-6,9H2,1-3H3. The van der Waals surface area contributed by atoms with Gasteiger partial charge in [0.1, 0.15) is 17.1 Å². The molecular formula is C19H21F4N3O. The van der Waals surface area contributed by atoms with Gasteiger partial charge in [0.25, 0.3) is 12.3 Å². The molecule has 1 aromatic heterocycles. The summed E-state index contributed by atoms with van der Waals surface area (Å²) >= 11 is 0. The summed E-state index contributed by atoms with van der Waals surface area (Å²) in [6, 6.07) is 4.16. The first-order valence-corrected chi connectivity index (χ1v) is 8.80. The van der Waals surface area contributed by atoms with Crippen LogP contribution < -0.4 is 0 Å². The predicted octanol–water partition coefficient (Wildman–Crippen LogP) is 4.56. The van der Waals surface area contributed by atoms with Gasteiger partial charge in [0, 0.05) is 19.6 Å². The minimum atomic E-state index is -3.07. The number of aryl methyl sites for hydroxylation is 1. The highest BCUT2D eigenvalue weighted by atomic mass is 19.3. The molecule has 146 valence electrons. The highest BCUT2D eigenvalue weighted by Crippen LogP contribution is 2.34. The molecule has 1 aromatic carbocycles. The first kappa shape index (κ1) is 19.4. The highest BCUT2D eigenvalue weighted by Gasteiger charge is 2.38. The van der Waals surface area contributed by atoms with Crippen molar-refractivity contribution in [3.63, 3.8) is 0 Å². The van der Waals surface area contributed by atoms with E-state index in [4.69, 9.17) is 0 Å². The van der Waals surface area contributed by atoms with E-state index in [-0.39, 0.29) is 18.5 Å². The van der Waals surface area contributed by atoms with Gasteiger partial charge in [-0.15, -0.1) is 0 Å². The van der Waals surface area contributed by atoms with E-state index in [1.54, 1.807) is 6.07 Å². The fraction of sp³-hybridized carbons (Fsp3) is 0.474. The van der Waals surface area contributed by atoms with E-state index in [1.165, 1.54) is 24.1 Å². The molecule has 0 atom stereocenters. The molecule has 0 spiro atoms. The van der Waals surface area contributed by atoms with Crippen LogP contribution in [-0.2, 0) is 13.6 Å². The lowest BCUT2D eigenvalue weighted by Crippen LogP contribution is -2.34. The molecule has 8 heteroatoms. The molecule has 0 aliphatic heterocycles. The third-order valence-corrected chi connectivity index (χ3v) is 4.74. The summed E-state index contributed by atoms with van der Waals surface area (Å²) in [6.07, 6.45) is -1.67. The Labute approximate surface area is 154 Å². The van der Waals surface area contributed by atoms with Crippen LogP contribution in [0.5, 0.6) is 0 Å². The Balaban J connectivity index is 1.99. The third kappa shape index (κ3) is 3.84. The molecule has 1 saturated carbocycles. The summed E-state index contributed by atoms with van der Waals surface area (Å²) in [4.78, 5) is 14.3. The van der Waals surface area contributed by atoms with Crippen molar-refractivity contribution in [1.29, 1.82) is 0 Å². The lowest BCUT2D eigenvalue weighted by atomic mass is 9.96. The molecule has 1 amide bonds. The summed E-state index contributed by atoms with van der Waals surface area (Å²) in [6.45, 7) is 3.91. The lowest BCUT2D eigenvalue weighted by Gasteiger charge is -2.25. The van der Waals surface area contributed by atoms with Crippen LogP contribution in [0.15, 0.2) is 18.2 Å². The van der Waals surface area contributed by atoms with Crippen LogP contribution in [0.3, 0.4) is 0 Å². The molecule has 1 aliphatic rings. The number of hydrogen-bond acceptors (Lipinski definition) is 2. The quantitative estimate of drug-likeness (QED) is 0.686. The van der Waals surface area contributed by atoms with Crippen LogP contribution in [-0.4, -0.2) is 26.6 Å². The molecule has 2 aromatic rings. The van der Waals surface area contributed by atoms with Gasteiger partial charge in [-0.2, -0.15) is 9.49 Å². The fourth-order valence-corrected chi connectivity index (χ4v) is 3.23. The van der Waals surface area contributed by atoms with Crippen LogP contribution in [0.25, 0.3) is 0 Å². The Morgan fingerprint density at radius 2 is 1.96 bits per heavy atom. The van der Waals surface area contributed by atoms with Crippen molar-refractivity contribution in [1.82, 2.24) is 14.7 Å². The van der Waals surface area contributed by atoms with Gasteiger partial charge in [0.05, 0.1) is 0 Å². The van der Waals surface area contributed by atoms with E-state index in [2.05, 4.69) is 5.10 Å². The molecule has 0 radical (unpaired) electrons. The van der Waals surface area contributed by atoms with Gasteiger partial charge >= 0.3 is 0 Å². The summed E-state index contributed by atoms with van der Waals surface area (Å²) in [7, 11) is 1.17. The predicted molar refractivity (Wildman–Crippen MR) is 91.5 cm³/mol. The normalized spacial score (nSPS) is 14.3. The smallest absolute Gasteiger partial charge is 0.283 e. The Hall–Kier alpha value is -2.38. The number of amides is 1. The zero-order chi connectivity index (χ0) is 19.9. The van der Waals surface area contributed by atoms with Gasteiger partial charge in [-0.25, -0.2) is 17.9 Å². The van der Waals surface area contributed by atoms with Crippen molar-refractivity contribution in [2.45, 2.75) is 51.6 Å².